The van der Waals surface area contributed by atoms with Crippen LogP contribution < -0.4 is 0 Å². The average molecular weight is 386 g/mol. The topological polar surface area (TPSA) is 82.7 Å². The van der Waals surface area contributed by atoms with E-state index in [4.69, 9.17) is 4.52 Å². The number of rotatable bonds is 7. The van der Waals surface area contributed by atoms with Gasteiger partial charge in [0.05, 0.1) is 6.54 Å². The van der Waals surface area contributed by atoms with E-state index >= 15 is 0 Å². The monoisotopic (exact) mass is 386 g/mol. The number of hydrogen-bond acceptors (Lipinski definition) is 6. The molecule has 1 atom stereocenters. The van der Waals surface area contributed by atoms with E-state index < -0.39 is 5.60 Å². The lowest BCUT2D eigenvalue weighted by Crippen LogP contribution is -2.57. The molecule has 3 rings (SSSR count). The van der Waals surface area contributed by atoms with E-state index in [1.54, 1.807) is 11.8 Å². The summed E-state index contributed by atoms with van der Waals surface area (Å²) in [4.78, 5) is 20.8. The van der Waals surface area contributed by atoms with Crippen LogP contribution in [0.4, 0.5) is 0 Å². The minimum atomic E-state index is -1.39. The molecule has 152 valence electrons. The third-order valence-corrected chi connectivity index (χ3v) is 5.24. The van der Waals surface area contributed by atoms with Crippen molar-refractivity contribution in [1.82, 2.24) is 19.9 Å². The zero-order valence-corrected chi connectivity index (χ0v) is 17.2. The summed E-state index contributed by atoms with van der Waals surface area (Å²) in [6.45, 7) is 7.91. The predicted octanol–water partition coefficient (Wildman–Crippen LogP) is 2.49. The maximum atomic E-state index is 13.0. The lowest BCUT2D eigenvalue weighted by Gasteiger charge is -2.40. The summed E-state index contributed by atoms with van der Waals surface area (Å²) in [7, 11) is 1.85. The number of hydrogen-bond donors (Lipinski definition) is 1. The second-order valence-corrected chi connectivity index (χ2v) is 8.16. The van der Waals surface area contributed by atoms with Gasteiger partial charge in [-0.3, -0.25) is 9.69 Å². The first-order valence-corrected chi connectivity index (χ1v) is 9.85. The molecule has 7 heteroatoms. The van der Waals surface area contributed by atoms with Crippen molar-refractivity contribution in [3.63, 3.8) is 0 Å². The lowest BCUT2D eigenvalue weighted by atomic mass is 9.90. The minimum absolute atomic E-state index is 0.206. The average Bonchev–Trinajstić information content (AvgIpc) is 3.04. The van der Waals surface area contributed by atoms with Crippen molar-refractivity contribution < 1.29 is 14.4 Å². The molecule has 0 aliphatic carbocycles. The molecular formula is C21H30N4O3. The normalized spacial score (nSPS) is 20.4. The van der Waals surface area contributed by atoms with Crippen LogP contribution in [0.15, 0.2) is 28.8 Å². The smallest absolute Gasteiger partial charge is 0.256 e. The van der Waals surface area contributed by atoms with Crippen LogP contribution in [0.1, 0.15) is 55.4 Å². The lowest BCUT2D eigenvalue weighted by molar-refractivity contribution is -0.160. The molecule has 1 aromatic heterocycles. The highest BCUT2D eigenvalue weighted by molar-refractivity contribution is 5.86. The Labute approximate surface area is 166 Å². The van der Waals surface area contributed by atoms with Crippen molar-refractivity contribution >= 4 is 5.91 Å². The van der Waals surface area contributed by atoms with Crippen LogP contribution in [-0.2, 0) is 17.9 Å². The first kappa shape index (κ1) is 20.5. The number of carbonyl (C=O) groups excluding carboxylic acids is 1. The Morgan fingerprint density at radius 1 is 1.32 bits per heavy atom. The molecule has 0 unspecified atom stereocenters. The molecule has 1 aromatic carbocycles. The Bertz CT molecular complexity index is 802. The van der Waals surface area contributed by atoms with Gasteiger partial charge >= 0.3 is 0 Å². The SMILES string of the molecule is Cc1nc(CN(C)C[C@@]2(O)CCCN(Cc3ccc(C(C)C)cc3)C2=O)no1. The van der Waals surface area contributed by atoms with Crippen molar-refractivity contribution in [2.24, 2.45) is 0 Å². The van der Waals surface area contributed by atoms with Crippen LogP contribution in [-0.4, -0.2) is 56.7 Å². The molecule has 1 aliphatic heterocycles. The number of aromatic nitrogens is 2. The zero-order chi connectivity index (χ0) is 20.3. The Morgan fingerprint density at radius 3 is 2.64 bits per heavy atom. The van der Waals surface area contributed by atoms with Crippen LogP contribution >= 0.6 is 0 Å². The molecule has 1 aliphatic rings. The Kier molecular flexibility index (Phi) is 6.15. The molecule has 0 radical (unpaired) electrons. The Hall–Kier alpha value is -2.25. The molecule has 1 N–H and O–H groups in total. The summed E-state index contributed by atoms with van der Waals surface area (Å²) >= 11 is 0. The number of piperidine rings is 1. The maximum absolute atomic E-state index is 13.0. The molecule has 1 amide bonds. The van der Waals surface area contributed by atoms with Gasteiger partial charge in [-0.15, -0.1) is 0 Å². The standard InChI is InChI=1S/C21H30N4O3/c1-15(2)18-8-6-17(7-9-18)12-25-11-5-10-21(27,20(25)26)14-24(4)13-19-22-16(3)28-23-19/h6-9,15,27H,5,10-14H2,1-4H3/t21-/m0/s1. The number of carbonyl (C=O) groups is 1. The maximum Gasteiger partial charge on any atom is 0.256 e. The highest BCUT2D eigenvalue weighted by atomic mass is 16.5. The van der Waals surface area contributed by atoms with Crippen LogP contribution in [0.5, 0.6) is 0 Å². The van der Waals surface area contributed by atoms with Gasteiger partial charge in [-0.2, -0.15) is 4.98 Å². The van der Waals surface area contributed by atoms with Gasteiger partial charge in [0.1, 0.15) is 0 Å². The van der Waals surface area contributed by atoms with Gasteiger partial charge in [-0.1, -0.05) is 43.3 Å². The van der Waals surface area contributed by atoms with Crippen molar-refractivity contribution in [2.45, 2.75) is 58.2 Å². The largest absolute Gasteiger partial charge is 0.379 e. The van der Waals surface area contributed by atoms with Crippen LogP contribution in [0.25, 0.3) is 0 Å². The summed E-state index contributed by atoms with van der Waals surface area (Å²) in [5.74, 6) is 1.33. The molecule has 7 nitrogen and oxygen atoms in total. The van der Waals surface area contributed by atoms with Gasteiger partial charge in [0.15, 0.2) is 11.4 Å². The van der Waals surface area contributed by atoms with Gasteiger partial charge in [-0.05, 0) is 36.9 Å². The Morgan fingerprint density at radius 2 is 2.04 bits per heavy atom. The van der Waals surface area contributed by atoms with Gasteiger partial charge < -0.3 is 14.5 Å². The zero-order valence-electron chi connectivity index (χ0n) is 17.2. The molecule has 2 aromatic rings. The van der Waals surface area contributed by atoms with E-state index in [0.29, 0.717) is 43.7 Å². The molecule has 0 saturated carbocycles. The number of amides is 1. The molecule has 1 fully saturated rings. The quantitative estimate of drug-likeness (QED) is 0.787. The van der Waals surface area contributed by atoms with Crippen molar-refractivity contribution in [3.8, 4) is 0 Å². The van der Waals surface area contributed by atoms with Gasteiger partial charge in [0.2, 0.25) is 5.89 Å². The number of aryl methyl sites for hydroxylation is 1. The predicted molar refractivity (Wildman–Crippen MR) is 106 cm³/mol. The summed E-state index contributed by atoms with van der Waals surface area (Å²) in [6, 6.07) is 8.37. The second kappa shape index (κ2) is 8.41. The number of aliphatic hydroxyl groups is 1. The summed E-state index contributed by atoms with van der Waals surface area (Å²) < 4.78 is 4.98. The number of nitrogens with zero attached hydrogens (tertiary/aromatic N) is 4. The molecule has 28 heavy (non-hydrogen) atoms. The van der Waals surface area contributed by atoms with E-state index in [0.717, 1.165) is 12.0 Å². The third-order valence-electron chi connectivity index (χ3n) is 5.24. The number of likely N-dealkylation sites (tertiary alicyclic amines) is 1. The number of benzene rings is 1. The van der Waals surface area contributed by atoms with E-state index in [2.05, 4.69) is 48.3 Å². The third kappa shape index (κ3) is 4.77. The molecular weight excluding hydrogens is 356 g/mol. The summed E-state index contributed by atoms with van der Waals surface area (Å²) in [5, 5.41) is 14.9. The summed E-state index contributed by atoms with van der Waals surface area (Å²) in [5.41, 5.74) is 0.977. The van der Waals surface area contributed by atoms with Gasteiger partial charge in [0, 0.05) is 26.6 Å². The van der Waals surface area contributed by atoms with Crippen molar-refractivity contribution in [3.05, 3.63) is 47.1 Å². The van der Waals surface area contributed by atoms with E-state index in [9.17, 15) is 9.90 Å². The Balaban J connectivity index is 1.63. The van der Waals surface area contributed by atoms with E-state index in [-0.39, 0.29) is 12.5 Å². The molecule has 2 heterocycles. The molecule has 0 bridgehead atoms. The second-order valence-electron chi connectivity index (χ2n) is 8.16. The highest BCUT2D eigenvalue weighted by Gasteiger charge is 2.42. The fraction of sp³-hybridized carbons (Fsp3) is 0.571. The van der Waals surface area contributed by atoms with Gasteiger partial charge in [0.25, 0.3) is 5.91 Å². The minimum Gasteiger partial charge on any atom is -0.379 e. The van der Waals surface area contributed by atoms with Crippen LogP contribution in [0.3, 0.4) is 0 Å². The van der Waals surface area contributed by atoms with Gasteiger partial charge in [-0.25, -0.2) is 0 Å². The highest BCUT2D eigenvalue weighted by Crippen LogP contribution is 2.26. The molecule has 0 spiro atoms. The summed E-state index contributed by atoms with van der Waals surface area (Å²) in [6.07, 6.45) is 1.24. The number of likely N-dealkylation sites (N-methyl/N-ethyl adjacent to an activating group) is 1. The van der Waals surface area contributed by atoms with E-state index in [1.807, 2.05) is 11.9 Å². The van der Waals surface area contributed by atoms with Crippen molar-refractivity contribution in [2.75, 3.05) is 20.1 Å². The first-order valence-electron chi connectivity index (χ1n) is 9.85. The molecule has 1 saturated heterocycles. The van der Waals surface area contributed by atoms with Crippen LogP contribution in [0.2, 0.25) is 0 Å². The van der Waals surface area contributed by atoms with E-state index in [1.165, 1.54) is 5.56 Å². The first-order chi connectivity index (χ1) is 13.3. The van der Waals surface area contributed by atoms with Crippen LogP contribution in [0, 0.1) is 6.92 Å². The van der Waals surface area contributed by atoms with Crippen molar-refractivity contribution in [1.29, 1.82) is 0 Å². The fourth-order valence-electron chi connectivity index (χ4n) is 3.74. The fourth-order valence-corrected chi connectivity index (χ4v) is 3.74.